The number of rotatable bonds is 5. The summed E-state index contributed by atoms with van der Waals surface area (Å²) in [5, 5.41) is 18.4. The van der Waals surface area contributed by atoms with Crippen molar-refractivity contribution in [1.29, 1.82) is 0 Å². The highest BCUT2D eigenvalue weighted by atomic mass is 35.5. The van der Waals surface area contributed by atoms with Gasteiger partial charge in [0, 0.05) is 22.7 Å². The lowest BCUT2D eigenvalue weighted by Crippen LogP contribution is -2.16. The largest absolute Gasteiger partial charge is 0.307 e. The quantitative estimate of drug-likeness (QED) is 0.516. The number of carbonyl (C=O) groups excluding carboxylic acids is 1. The Morgan fingerprint density at radius 3 is 2.65 bits per heavy atom. The Labute approximate surface area is 158 Å². The summed E-state index contributed by atoms with van der Waals surface area (Å²) in [7, 11) is 0. The van der Waals surface area contributed by atoms with E-state index in [1.165, 1.54) is 18.3 Å². The van der Waals surface area contributed by atoms with Gasteiger partial charge in [0.25, 0.3) is 11.6 Å². The van der Waals surface area contributed by atoms with Crippen LogP contribution < -0.4 is 5.32 Å². The van der Waals surface area contributed by atoms with Gasteiger partial charge in [-0.1, -0.05) is 41.4 Å². The van der Waals surface area contributed by atoms with Gasteiger partial charge in [-0.15, -0.1) is 0 Å². The minimum Gasteiger partial charge on any atom is -0.307 e. The van der Waals surface area contributed by atoms with E-state index in [0.717, 1.165) is 11.6 Å². The van der Waals surface area contributed by atoms with E-state index in [2.05, 4.69) is 10.4 Å². The summed E-state index contributed by atoms with van der Waals surface area (Å²) in [5.41, 5.74) is 0.631. The molecule has 0 saturated heterocycles. The van der Waals surface area contributed by atoms with Gasteiger partial charge in [-0.05, 0) is 23.8 Å². The molecule has 1 heterocycles. The number of carbonyl (C=O) groups is 1. The highest BCUT2D eigenvalue weighted by Gasteiger charge is 2.17. The molecular weight excluding hydrogens is 379 g/mol. The van der Waals surface area contributed by atoms with Crippen molar-refractivity contribution >= 4 is 40.6 Å². The van der Waals surface area contributed by atoms with Crippen LogP contribution in [-0.4, -0.2) is 20.6 Å². The fourth-order valence-electron chi connectivity index (χ4n) is 2.34. The van der Waals surface area contributed by atoms with Crippen LogP contribution >= 0.6 is 23.2 Å². The number of benzene rings is 2. The molecule has 1 N–H and O–H groups in total. The average Bonchev–Trinajstić information content (AvgIpc) is 3.04. The van der Waals surface area contributed by atoms with Crippen molar-refractivity contribution in [3.05, 3.63) is 86.0 Å². The predicted octanol–water partition coefficient (Wildman–Crippen LogP) is 4.40. The normalized spacial score (nSPS) is 10.5. The molecule has 9 heteroatoms. The second-order valence-corrected chi connectivity index (χ2v) is 6.16. The summed E-state index contributed by atoms with van der Waals surface area (Å²) < 4.78 is 1.57. The van der Waals surface area contributed by atoms with Crippen molar-refractivity contribution in [3.8, 4) is 0 Å². The van der Waals surface area contributed by atoms with Gasteiger partial charge in [0.2, 0.25) is 0 Å². The second kappa shape index (κ2) is 7.55. The zero-order chi connectivity index (χ0) is 18.7. The SMILES string of the molecule is O=C(Nc1ccnn1Cc1ccccc1Cl)c1ccc(Cl)c([N+](=O)[O-])c1. The van der Waals surface area contributed by atoms with Gasteiger partial charge in [0.1, 0.15) is 10.8 Å². The maximum Gasteiger partial charge on any atom is 0.288 e. The number of aromatic nitrogens is 2. The van der Waals surface area contributed by atoms with Crippen molar-refractivity contribution in [2.45, 2.75) is 6.54 Å². The topological polar surface area (TPSA) is 90.1 Å². The summed E-state index contributed by atoms with van der Waals surface area (Å²) in [6.07, 6.45) is 1.54. The van der Waals surface area contributed by atoms with Gasteiger partial charge in [-0.2, -0.15) is 5.10 Å². The van der Waals surface area contributed by atoms with Crippen molar-refractivity contribution in [3.63, 3.8) is 0 Å². The van der Waals surface area contributed by atoms with E-state index in [1.54, 1.807) is 16.8 Å². The molecule has 132 valence electrons. The fraction of sp³-hybridized carbons (Fsp3) is 0.0588. The third-order valence-electron chi connectivity index (χ3n) is 3.64. The molecule has 0 atom stereocenters. The van der Waals surface area contributed by atoms with Crippen LogP contribution in [-0.2, 0) is 6.54 Å². The number of halogens is 2. The molecule has 0 saturated carbocycles. The van der Waals surface area contributed by atoms with Gasteiger partial charge in [-0.25, -0.2) is 4.68 Å². The van der Waals surface area contributed by atoms with E-state index in [1.807, 2.05) is 18.2 Å². The maximum absolute atomic E-state index is 12.4. The summed E-state index contributed by atoms with van der Waals surface area (Å²) in [5.74, 6) is -0.0711. The first-order chi connectivity index (χ1) is 12.5. The number of nitro benzene ring substituents is 1. The second-order valence-electron chi connectivity index (χ2n) is 5.34. The molecule has 0 aliphatic heterocycles. The molecular formula is C17H12Cl2N4O3. The van der Waals surface area contributed by atoms with E-state index in [4.69, 9.17) is 23.2 Å². The van der Waals surface area contributed by atoms with Gasteiger partial charge in [0.15, 0.2) is 0 Å². The first-order valence-electron chi connectivity index (χ1n) is 7.46. The molecule has 3 rings (SSSR count). The van der Waals surface area contributed by atoms with Crippen LogP contribution in [0.25, 0.3) is 0 Å². The van der Waals surface area contributed by atoms with E-state index in [0.29, 0.717) is 17.4 Å². The summed E-state index contributed by atoms with van der Waals surface area (Å²) in [4.78, 5) is 22.8. The van der Waals surface area contributed by atoms with Crippen LogP contribution in [0, 0.1) is 10.1 Å². The van der Waals surface area contributed by atoms with Crippen molar-refractivity contribution in [2.24, 2.45) is 0 Å². The lowest BCUT2D eigenvalue weighted by Gasteiger charge is -2.10. The number of nitrogens with zero attached hydrogens (tertiary/aromatic N) is 3. The molecule has 0 bridgehead atoms. The molecule has 7 nitrogen and oxygen atoms in total. The first-order valence-corrected chi connectivity index (χ1v) is 8.22. The zero-order valence-electron chi connectivity index (χ0n) is 13.2. The Kier molecular flexibility index (Phi) is 5.20. The number of hydrogen-bond donors (Lipinski definition) is 1. The molecule has 0 aliphatic carbocycles. The number of amides is 1. The van der Waals surface area contributed by atoms with Gasteiger partial charge in [0.05, 0.1) is 17.7 Å². The Hall–Kier alpha value is -2.90. The summed E-state index contributed by atoms with van der Waals surface area (Å²) >= 11 is 11.9. The Balaban J connectivity index is 1.81. The zero-order valence-corrected chi connectivity index (χ0v) is 14.7. The van der Waals surface area contributed by atoms with Crippen LogP contribution in [0.5, 0.6) is 0 Å². The third-order valence-corrected chi connectivity index (χ3v) is 4.33. The minimum absolute atomic E-state index is 0.0321. The van der Waals surface area contributed by atoms with Crippen LogP contribution in [0.15, 0.2) is 54.7 Å². The maximum atomic E-state index is 12.4. The van der Waals surface area contributed by atoms with Crippen LogP contribution in [0.3, 0.4) is 0 Å². The van der Waals surface area contributed by atoms with Gasteiger partial charge < -0.3 is 5.32 Å². The Morgan fingerprint density at radius 2 is 1.92 bits per heavy atom. The molecule has 0 fully saturated rings. The lowest BCUT2D eigenvalue weighted by molar-refractivity contribution is -0.384. The predicted molar refractivity (Wildman–Crippen MR) is 98.8 cm³/mol. The highest BCUT2D eigenvalue weighted by Crippen LogP contribution is 2.25. The Bertz CT molecular complexity index is 988. The summed E-state index contributed by atoms with van der Waals surface area (Å²) in [6, 6.07) is 12.8. The molecule has 0 aliphatic rings. The molecule has 3 aromatic rings. The van der Waals surface area contributed by atoms with Crippen LogP contribution in [0.2, 0.25) is 10.0 Å². The number of nitro groups is 1. The lowest BCUT2D eigenvalue weighted by atomic mass is 10.2. The van der Waals surface area contributed by atoms with Crippen molar-refractivity contribution < 1.29 is 9.72 Å². The molecule has 1 amide bonds. The smallest absolute Gasteiger partial charge is 0.288 e. The molecule has 26 heavy (non-hydrogen) atoms. The number of nitrogens with one attached hydrogen (secondary N) is 1. The number of hydrogen-bond acceptors (Lipinski definition) is 4. The van der Waals surface area contributed by atoms with Gasteiger partial charge in [-0.3, -0.25) is 14.9 Å². The van der Waals surface area contributed by atoms with Crippen LogP contribution in [0.1, 0.15) is 15.9 Å². The summed E-state index contributed by atoms with van der Waals surface area (Å²) in [6.45, 7) is 0.364. The number of anilines is 1. The van der Waals surface area contributed by atoms with E-state index < -0.39 is 10.8 Å². The van der Waals surface area contributed by atoms with Crippen LogP contribution in [0.4, 0.5) is 11.5 Å². The molecule has 0 unspecified atom stereocenters. The Morgan fingerprint density at radius 1 is 1.15 bits per heavy atom. The van der Waals surface area contributed by atoms with Crippen molar-refractivity contribution in [1.82, 2.24) is 9.78 Å². The molecule has 0 spiro atoms. The fourth-order valence-corrected chi connectivity index (χ4v) is 2.72. The van der Waals surface area contributed by atoms with Gasteiger partial charge >= 0.3 is 0 Å². The minimum atomic E-state index is -0.638. The molecule has 0 radical (unpaired) electrons. The molecule has 2 aromatic carbocycles. The monoisotopic (exact) mass is 390 g/mol. The van der Waals surface area contributed by atoms with E-state index in [9.17, 15) is 14.9 Å². The first kappa shape index (κ1) is 17.9. The van der Waals surface area contributed by atoms with Crippen molar-refractivity contribution in [2.75, 3.05) is 5.32 Å². The van der Waals surface area contributed by atoms with E-state index in [-0.39, 0.29) is 16.3 Å². The third kappa shape index (κ3) is 3.84. The highest BCUT2D eigenvalue weighted by molar-refractivity contribution is 6.32. The molecule has 1 aromatic heterocycles. The standard InChI is InChI=1S/C17H12Cl2N4O3/c18-13-4-2-1-3-12(13)10-22-16(7-8-20-22)21-17(24)11-5-6-14(19)15(9-11)23(25)26/h1-9H,10H2,(H,21,24). The van der Waals surface area contributed by atoms with E-state index >= 15 is 0 Å². The average molecular weight is 391 g/mol.